The molecule has 5 N–H and O–H groups in total. The van der Waals surface area contributed by atoms with Crippen LogP contribution in [-0.4, -0.2) is 68.4 Å². The summed E-state index contributed by atoms with van der Waals surface area (Å²) in [4.78, 5) is 82.0. The molecule has 6 heterocycles. The molecule has 16 heteroatoms. The number of nitrogens with zero attached hydrogens (tertiary/aromatic N) is 4. The Labute approximate surface area is 332 Å². The number of para-hydroxylation sites is 1. The first-order valence-corrected chi connectivity index (χ1v) is 18.8. The van der Waals surface area contributed by atoms with Crippen LogP contribution in [-0.2, 0) is 53.8 Å². The number of benzene rings is 2. The van der Waals surface area contributed by atoms with E-state index in [2.05, 4.69) is 22.1 Å². The molecule has 0 radical (unpaired) electrons. The topological polar surface area (TPSA) is 211 Å². The van der Waals surface area contributed by atoms with Crippen LogP contribution in [0.15, 0.2) is 64.5 Å². The van der Waals surface area contributed by atoms with E-state index >= 15 is 0 Å². The molecular formula is C41H42ClN7O8. The van der Waals surface area contributed by atoms with Crippen LogP contribution in [0.1, 0.15) is 68.2 Å². The standard InChI is InChI=1S/C41H41N7O8.ClH/c1-3-5-8-14-47-21-44-29-12-9-13-30-34(29)36(47)24-19-48-32(35(24)45-30)16-26-25(38(48)51)20-55-40(54)41(26,4-2)56-33(49)17-31(39(52)53)46-37(50)27(42)15-22-18-43-28-11-7-6-10-23(22)28;/h6-7,9-13,16,18,21,27,31,43H,3-5,8,14-15,17,19-20,42H2,1-2H3,(H,46,50)(H,52,53);1H/t27-,31-,41-;/m0./s1. The van der Waals surface area contributed by atoms with Gasteiger partial charge >= 0.3 is 17.9 Å². The van der Waals surface area contributed by atoms with E-state index in [-0.39, 0.29) is 49.5 Å². The number of hydrogen-bond acceptors (Lipinski definition) is 11. The minimum absolute atomic E-state index is 0. The number of aromatic nitrogens is 3. The summed E-state index contributed by atoms with van der Waals surface area (Å²) in [5.41, 5.74) is 9.87. The van der Waals surface area contributed by atoms with Crippen LogP contribution in [0.25, 0.3) is 33.2 Å². The third-order valence-corrected chi connectivity index (χ3v) is 11.0. The Hall–Kier alpha value is -6.06. The normalized spacial score (nSPS) is 17.2. The Kier molecular flexibility index (Phi) is 10.6. The molecule has 0 aliphatic carbocycles. The largest absolute Gasteiger partial charge is 0.480 e. The smallest absolute Gasteiger partial charge is 0.355 e. The number of cyclic esters (lactones) is 1. The van der Waals surface area contributed by atoms with Crippen LogP contribution in [0.4, 0.5) is 11.4 Å². The van der Waals surface area contributed by atoms with Gasteiger partial charge in [0.2, 0.25) is 11.5 Å². The first-order chi connectivity index (χ1) is 27.0. The number of unbranched alkanes of at least 4 members (excludes halogenated alkanes) is 2. The molecule has 1 amide bonds. The minimum Gasteiger partial charge on any atom is -0.480 e. The summed E-state index contributed by atoms with van der Waals surface area (Å²) in [6.45, 7) is 4.35. The molecule has 0 saturated heterocycles. The second kappa shape index (κ2) is 15.5. The highest BCUT2D eigenvalue weighted by Gasteiger charge is 2.51. The van der Waals surface area contributed by atoms with Crippen molar-refractivity contribution in [3.05, 3.63) is 87.3 Å². The van der Waals surface area contributed by atoms with Gasteiger partial charge in [0.25, 0.3) is 5.56 Å². The molecule has 2 aromatic carbocycles. The zero-order chi connectivity index (χ0) is 39.3. The number of aromatic amines is 1. The van der Waals surface area contributed by atoms with E-state index in [9.17, 15) is 29.1 Å². The monoisotopic (exact) mass is 795 g/mol. The van der Waals surface area contributed by atoms with Crippen molar-refractivity contribution in [1.29, 1.82) is 0 Å². The number of anilines is 1. The summed E-state index contributed by atoms with van der Waals surface area (Å²) < 4.78 is 13.0. The third-order valence-electron chi connectivity index (χ3n) is 11.0. The maximum Gasteiger partial charge on any atom is 0.355 e. The molecule has 5 aromatic rings. The molecule has 3 aromatic heterocycles. The Morgan fingerprint density at radius 2 is 1.91 bits per heavy atom. The van der Waals surface area contributed by atoms with E-state index in [1.807, 2.05) is 48.8 Å². The molecule has 3 atom stereocenters. The number of H-pyrrole nitrogens is 1. The zero-order valence-corrected chi connectivity index (χ0v) is 32.2. The predicted molar refractivity (Wildman–Crippen MR) is 215 cm³/mol. The zero-order valence-electron chi connectivity index (χ0n) is 31.4. The molecule has 0 unspecified atom stereocenters. The fourth-order valence-electron chi connectivity index (χ4n) is 8.07. The molecule has 3 aliphatic rings. The van der Waals surface area contributed by atoms with Crippen molar-refractivity contribution in [3.63, 3.8) is 0 Å². The van der Waals surface area contributed by atoms with Crippen molar-refractivity contribution in [2.75, 3.05) is 11.4 Å². The minimum atomic E-state index is -2.07. The lowest BCUT2D eigenvalue weighted by atomic mass is 9.85. The van der Waals surface area contributed by atoms with Gasteiger partial charge in [-0.2, -0.15) is 0 Å². The highest BCUT2D eigenvalue weighted by atomic mass is 35.5. The van der Waals surface area contributed by atoms with Crippen LogP contribution < -0.4 is 21.5 Å². The Morgan fingerprint density at radius 3 is 2.68 bits per heavy atom. The van der Waals surface area contributed by atoms with Gasteiger partial charge in [-0.25, -0.2) is 19.6 Å². The highest BCUT2D eigenvalue weighted by Crippen LogP contribution is 2.47. The number of nitrogens with two attached hydrogens (primary N) is 1. The molecule has 0 fully saturated rings. The molecule has 296 valence electrons. The van der Waals surface area contributed by atoms with Crippen LogP contribution >= 0.6 is 12.4 Å². The van der Waals surface area contributed by atoms with Gasteiger partial charge < -0.3 is 40.1 Å². The summed E-state index contributed by atoms with van der Waals surface area (Å²) in [6.07, 6.45) is 5.75. The van der Waals surface area contributed by atoms with Gasteiger partial charge in [-0.3, -0.25) is 14.4 Å². The number of rotatable bonds is 13. The van der Waals surface area contributed by atoms with Crippen molar-refractivity contribution in [2.24, 2.45) is 10.7 Å². The summed E-state index contributed by atoms with van der Waals surface area (Å²) in [5, 5.41) is 14.1. The average Bonchev–Trinajstić information content (AvgIpc) is 3.78. The number of carboxylic acid groups (broad SMARTS) is 1. The number of carbonyl (C=O) groups excluding carboxylic acids is 3. The first kappa shape index (κ1) is 39.2. The molecule has 0 spiro atoms. The van der Waals surface area contributed by atoms with Gasteiger partial charge in [0, 0.05) is 34.8 Å². The molecule has 3 aliphatic heterocycles. The number of esters is 2. The molecule has 8 rings (SSSR count). The van der Waals surface area contributed by atoms with Gasteiger partial charge in [-0.15, -0.1) is 12.4 Å². The number of amides is 1. The number of fused-ring (bicyclic) bond motifs is 6. The van der Waals surface area contributed by atoms with Gasteiger partial charge in [-0.05, 0) is 49.1 Å². The van der Waals surface area contributed by atoms with Gasteiger partial charge in [-0.1, -0.05) is 51.0 Å². The Balaban J connectivity index is 0.00000496. The number of halogens is 1. The summed E-state index contributed by atoms with van der Waals surface area (Å²) >= 11 is 0. The molecular weight excluding hydrogens is 754 g/mol. The number of ether oxygens (including phenoxy) is 2. The highest BCUT2D eigenvalue weighted by molar-refractivity contribution is 6.11. The van der Waals surface area contributed by atoms with E-state index in [0.717, 1.165) is 64.6 Å². The average molecular weight is 796 g/mol. The lowest BCUT2D eigenvalue weighted by Crippen LogP contribution is -2.51. The van der Waals surface area contributed by atoms with Gasteiger partial charge in [0.15, 0.2) is 0 Å². The Morgan fingerprint density at radius 1 is 1.11 bits per heavy atom. The van der Waals surface area contributed by atoms with Crippen molar-refractivity contribution < 1.29 is 33.8 Å². The van der Waals surface area contributed by atoms with Crippen molar-refractivity contribution in [3.8, 4) is 11.4 Å². The summed E-state index contributed by atoms with van der Waals surface area (Å²) in [7, 11) is 0. The number of aliphatic imine (C=N–C) groups is 1. The number of nitrogens with one attached hydrogen (secondary N) is 2. The summed E-state index contributed by atoms with van der Waals surface area (Å²) in [6, 6.07) is 12.0. The van der Waals surface area contributed by atoms with Crippen LogP contribution in [0.2, 0.25) is 0 Å². The number of carboxylic acids is 1. The molecule has 0 bridgehead atoms. The van der Waals surface area contributed by atoms with Crippen molar-refractivity contribution in [1.82, 2.24) is 19.9 Å². The van der Waals surface area contributed by atoms with E-state index in [4.69, 9.17) is 25.2 Å². The van der Waals surface area contributed by atoms with Crippen LogP contribution in [0.3, 0.4) is 0 Å². The molecule has 0 saturated carbocycles. The summed E-state index contributed by atoms with van der Waals surface area (Å²) in [5.74, 6) is -4.28. The van der Waals surface area contributed by atoms with E-state index in [1.165, 1.54) is 0 Å². The van der Waals surface area contributed by atoms with Gasteiger partial charge in [0.1, 0.15) is 12.6 Å². The van der Waals surface area contributed by atoms with E-state index < -0.39 is 53.5 Å². The lowest BCUT2D eigenvalue weighted by Gasteiger charge is -2.36. The van der Waals surface area contributed by atoms with Crippen LogP contribution in [0, 0.1) is 0 Å². The second-order valence-corrected chi connectivity index (χ2v) is 14.4. The molecule has 15 nitrogen and oxygen atoms in total. The number of pyridine rings is 2. The Bertz CT molecular complexity index is 2550. The fourth-order valence-corrected chi connectivity index (χ4v) is 8.07. The maximum atomic E-state index is 14.3. The third kappa shape index (κ3) is 6.69. The number of hydrogen-bond donors (Lipinski definition) is 4. The fraction of sp³-hybridized carbons (Fsp3) is 0.341. The number of carbonyl (C=O) groups is 4. The molecule has 57 heavy (non-hydrogen) atoms. The second-order valence-electron chi connectivity index (χ2n) is 14.4. The lowest BCUT2D eigenvalue weighted by molar-refractivity contribution is -0.190. The van der Waals surface area contributed by atoms with Crippen molar-refractivity contribution >= 4 is 75.7 Å². The van der Waals surface area contributed by atoms with E-state index in [0.29, 0.717) is 16.9 Å². The quantitative estimate of drug-likeness (QED) is 0.0927. The van der Waals surface area contributed by atoms with E-state index in [1.54, 1.807) is 23.8 Å². The first-order valence-electron chi connectivity index (χ1n) is 18.8. The van der Waals surface area contributed by atoms with Crippen molar-refractivity contribution in [2.45, 2.75) is 83.2 Å². The van der Waals surface area contributed by atoms with Crippen LogP contribution in [0.5, 0.6) is 0 Å². The maximum absolute atomic E-state index is 14.3. The van der Waals surface area contributed by atoms with Gasteiger partial charge in [0.05, 0.1) is 64.6 Å². The number of aliphatic carboxylic acids is 1. The SMILES string of the molecule is CCCCCN1C=Nc2cccc3nc4c(c1c23)Cn1c-4cc2c(c1=O)COC(=O)[C@@]2(CC)OC(=O)C[C@H](NC(=O)[C@@H](N)Cc1c[nH]c2ccccc12)C(=O)O.Cl. The predicted octanol–water partition coefficient (Wildman–Crippen LogP) is 4.73.